The van der Waals surface area contributed by atoms with Crippen LogP contribution in [-0.4, -0.2) is 0 Å². The predicted molar refractivity (Wildman–Crippen MR) is 67.5 cm³/mol. The molecule has 0 aromatic heterocycles. The van der Waals surface area contributed by atoms with Crippen molar-refractivity contribution in [2.45, 2.75) is 18.8 Å². The SMILES string of the molecule is CC1[C@@H](c2ccccc2)[C@H]1c1ccccc1. The Bertz CT molecular complexity index is 412. The van der Waals surface area contributed by atoms with E-state index in [9.17, 15) is 0 Å². The normalized spacial score (nSPS) is 27.7. The molecule has 1 saturated carbocycles. The minimum atomic E-state index is 0.726. The second-order valence-corrected chi connectivity index (χ2v) is 4.73. The van der Waals surface area contributed by atoms with Gasteiger partial charge in [0.15, 0.2) is 0 Å². The first-order valence-corrected chi connectivity index (χ1v) is 5.98. The summed E-state index contributed by atoms with van der Waals surface area (Å²) in [5, 5.41) is 0. The quantitative estimate of drug-likeness (QED) is 0.693. The van der Waals surface area contributed by atoms with Gasteiger partial charge in [-0.25, -0.2) is 0 Å². The lowest BCUT2D eigenvalue weighted by Crippen LogP contribution is -1.82. The van der Waals surface area contributed by atoms with Gasteiger partial charge in [-0.1, -0.05) is 67.6 Å². The van der Waals surface area contributed by atoms with Crippen molar-refractivity contribution < 1.29 is 0 Å². The van der Waals surface area contributed by atoms with E-state index in [-0.39, 0.29) is 0 Å². The van der Waals surface area contributed by atoms with Gasteiger partial charge < -0.3 is 0 Å². The topological polar surface area (TPSA) is 0 Å². The fraction of sp³-hybridized carbons (Fsp3) is 0.250. The van der Waals surface area contributed by atoms with Crippen molar-refractivity contribution in [2.24, 2.45) is 5.92 Å². The van der Waals surface area contributed by atoms with Crippen molar-refractivity contribution >= 4 is 0 Å². The molecule has 80 valence electrons. The summed E-state index contributed by atoms with van der Waals surface area (Å²) < 4.78 is 0. The maximum Gasteiger partial charge on any atom is -0.00586 e. The first-order chi connectivity index (χ1) is 7.88. The zero-order valence-corrected chi connectivity index (χ0v) is 9.51. The van der Waals surface area contributed by atoms with Gasteiger partial charge in [0, 0.05) is 0 Å². The number of benzene rings is 2. The molecule has 0 heterocycles. The van der Waals surface area contributed by atoms with Crippen LogP contribution in [0.1, 0.15) is 29.9 Å². The molecule has 0 bridgehead atoms. The van der Waals surface area contributed by atoms with Crippen molar-refractivity contribution in [1.29, 1.82) is 0 Å². The van der Waals surface area contributed by atoms with E-state index in [1.807, 2.05) is 0 Å². The monoisotopic (exact) mass is 208 g/mol. The molecule has 1 fully saturated rings. The van der Waals surface area contributed by atoms with Crippen LogP contribution >= 0.6 is 0 Å². The van der Waals surface area contributed by atoms with Crippen molar-refractivity contribution in [2.75, 3.05) is 0 Å². The molecule has 16 heavy (non-hydrogen) atoms. The minimum absolute atomic E-state index is 0.726. The molecular weight excluding hydrogens is 192 g/mol. The van der Waals surface area contributed by atoms with Crippen LogP contribution in [-0.2, 0) is 0 Å². The summed E-state index contributed by atoms with van der Waals surface area (Å²) in [5.41, 5.74) is 2.98. The predicted octanol–water partition coefficient (Wildman–Crippen LogP) is 4.20. The fourth-order valence-corrected chi connectivity index (χ4v) is 2.84. The molecule has 0 heteroatoms. The van der Waals surface area contributed by atoms with Gasteiger partial charge in [0.25, 0.3) is 0 Å². The highest BCUT2D eigenvalue weighted by atomic mass is 14.5. The fourth-order valence-electron chi connectivity index (χ4n) is 2.84. The van der Waals surface area contributed by atoms with Crippen LogP contribution < -0.4 is 0 Å². The van der Waals surface area contributed by atoms with E-state index in [2.05, 4.69) is 67.6 Å². The second kappa shape index (κ2) is 3.79. The molecule has 0 aliphatic heterocycles. The molecule has 0 saturated heterocycles. The minimum Gasteiger partial charge on any atom is -0.0622 e. The van der Waals surface area contributed by atoms with Gasteiger partial charge in [-0.05, 0) is 28.9 Å². The van der Waals surface area contributed by atoms with E-state index < -0.39 is 0 Å². The van der Waals surface area contributed by atoms with Crippen LogP contribution in [0.3, 0.4) is 0 Å². The molecule has 0 radical (unpaired) electrons. The third-order valence-corrected chi connectivity index (χ3v) is 3.75. The third-order valence-electron chi connectivity index (χ3n) is 3.75. The van der Waals surface area contributed by atoms with Crippen molar-refractivity contribution in [3.63, 3.8) is 0 Å². The summed E-state index contributed by atoms with van der Waals surface area (Å²) in [5.74, 6) is 2.23. The first-order valence-electron chi connectivity index (χ1n) is 5.98. The Balaban J connectivity index is 1.87. The molecule has 3 rings (SSSR count). The van der Waals surface area contributed by atoms with Gasteiger partial charge in [0.05, 0.1) is 0 Å². The van der Waals surface area contributed by atoms with Crippen LogP contribution in [0.2, 0.25) is 0 Å². The molecule has 1 aliphatic carbocycles. The molecule has 1 unspecified atom stereocenters. The van der Waals surface area contributed by atoms with Crippen LogP contribution in [0.25, 0.3) is 0 Å². The summed E-state index contributed by atoms with van der Waals surface area (Å²) in [7, 11) is 0. The highest BCUT2D eigenvalue weighted by molar-refractivity contribution is 5.38. The second-order valence-electron chi connectivity index (χ2n) is 4.73. The molecule has 3 atom stereocenters. The smallest absolute Gasteiger partial charge is 0.00586 e. The Hall–Kier alpha value is -1.56. The number of hydrogen-bond donors (Lipinski definition) is 0. The van der Waals surface area contributed by atoms with Crippen molar-refractivity contribution in [3.05, 3.63) is 71.8 Å². The third kappa shape index (κ3) is 1.55. The van der Waals surface area contributed by atoms with Crippen LogP contribution in [0.4, 0.5) is 0 Å². The maximum atomic E-state index is 2.36. The first kappa shape index (κ1) is 9.65. The highest BCUT2D eigenvalue weighted by Gasteiger charge is 2.47. The van der Waals surface area contributed by atoms with Crippen LogP contribution in [0.5, 0.6) is 0 Å². The van der Waals surface area contributed by atoms with Gasteiger partial charge >= 0.3 is 0 Å². The zero-order valence-electron chi connectivity index (χ0n) is 9.51. The van der Waals surface area contributed by atoms with Crippen LogP contribution in [0.15, 0.2) is 60.7 Å². The van der Waals surface area contributed by atoms with Crippen LogP contribution in [0, 0.1) is 5.92 Å². The van der Waals surface area contributed by atoms with Gasteiger partial charge in [-0.3, -0.25) is 0 Å². The Morgan fingerprint density at radius 2 is 1.00 bits per heavy atom. The zero-order chi connectivity index (χ0) is 11.0. The van der Waals surface area contributed by atoms with E-state index in [1.165, 1.54) is 11.1 Å². The molecule has 0 nitrogen and oxygen atoms in total. The van der Waals surface area contributed by atoms with Gasteiger partial charge in [-0.15, -0.1) is 0 Å². The standard InChI is InChI=1S/C16H16/c1-12-15(13-8-4-2-5-9-13)16(12)14-10-6-3-7-11-14/h2-12,15-16H,1H3/t12?,15-,16+. The lowest BCUT2D eigenvalue weighted by Gasteiger charge is -2.00. The molecule has 2 aromatic carbocycles. The van der Waals surface area contributed by atoms with Gasteiger partial charge in [-0.2, -0.15) is 0 Å². The van der Waals surface area contributed by atoms with E-state index in [0.717, 1.165) is 17.8 Å². The van der Waals surface area contributed by atoms with Crippen molar-refractivity contribution in [1.82, 2.24) is 0 Å². The Kier molecular flexibility index (Phi) is 2.28. The molecule has 0 N–H and O–H groups in total. The largest absolute Gasteiger partial charge is 0.0622 e. The molecule has 1 aliphatic rings. The Morgan fingerprint density at radius 1 is 0.625 bits per heavy atom. The summed E-state index contributed by atoms with van der Waals surface area (Å²) in [6.07, 6.45) is 0. The number of rotatable bonds is 2. The molecular formula is C16H16. The highest BCUT2D eigenvalue weighted by Crippen LogP contribution is 2.59. The summed E-state index contributed by atoms with van der Waals surface area (Å²) in [4.78, 5) is 0. The molecule has 2 aromatic rings. The van der Waals surface area contributed by atoms with Crippen molar-refractivity contribution in [3.8, 4) is 0 Å². The average molecular weight is 208 g/mol. The molecule has 0 spiro atoms. The van der Waals surface area contributed by atoms with E-state index >= 15 is 0 Å². The summed E-state index contributed by atoms with van der Waals surface area (Å²) >= 11 is 0. The van der Waals surface area contributed by atoms with E-state index in [0.29, 0.717) is 0 Å². The lowest BCUT2D eigenvalue weighted by molar-refractivity contribution is 0.896. The average Bonchev–Trinajstić information content (AvgIpc) is 3.03. The van der Waals surface area contributed by atoms with E-state index in [4.69, 9.17) is 0 Å². The summed E-state index contributed by atoms with van der Waals surface area (Å²) in [6.45, 7) is 2.36. The maximum absolute atomic E-state index is 2.36. The van der Waals surface area contributed by atoms with Gasteiger partial charge in [0.1, 0.15) is 0 Å². The van der Waals surface area contributed by atoms with Gasteiger partial charge in [0.2, 0.25) is 0 Å². The summed E-state index contributed by atoms with van der Waals surface area (Å²) in [6, 6.07) is 21.8. The number of hydrogen-bond acceptors (Lipinski definition) is 0. The Morgan fingerprint density at radius 3 is 1.38 bits per heavy atom. The van der Waals surface area contributed by atoms with E-state index in [1.54, 1.807) is 0 Å². The Labute approximate surface area is 96.9 Å². The lowest BCUT2D eigenvalue weighted by atomic mass is 10.0. The molecule has 0 amide bonds.